The van der Waals surface area contributed by atoms with Crippen LogP contribution in [0.1, 0.15) is 171 Å². The highest BCUT2D eigenvalue weighted by Gasteiger charge is 2.63. The maximum absolute atomic E-state index is 2.92. The van der Waals surface area contributed by atoms with Gasteiger partial charge in [-0.05, 0) is 115 Å². The Morgan fingerprint density at radius 2 is 1.11 bits per heavy atom. The highest BCUT2D eigenvalue weighted by molar-refractivity contribution is 5.12. The van der Waals surface area contributed by atoms with E-state index in [1.807, 2.05) is 0 Å². The molecule has 0 N–H and O–H groups in total. The van der Waals surface area contributed by atoms with Crippen LogP contribution in [0.2, 0.25) is 0 Å². The average Bonchev–Trinajstić information content (AvgIpc) is 3.32. The Morgan fingerprint density at radius 3 is 1.49 bits per heavy atom. The van der Waals surface area contributed by atoms with Crippen molar-refractivity contribution in [3.05, 3.63) is 0 Å². The molecule has 37 heavy (non-hydrogen) atoms. The minimum atomic E-state index is 0.461. The summed E-state index contributed by atoms with van der Waals surface area (Å²) in [5.74, 6) is 7.75. The predicted molar refractivity (Wildman–Crippen MR) is 164 cm³/mol. The van der Waals surface area contributed by atoms with E-state index in [0.29, 0.717) is 16.2 Å². The van der Waals surface area contributed by atoms with Crippen LogP contribution in [0.15, 0.2) is 0 Å². The number of hydrogen-bond donors (Lipinski definition) is 0. The van der Waals surface area contributed by atoms with E-state index in [4.69, 9.17) is 0 Å². The SMILES string of the molecule is CCC(C1CCC1)C(C1CCC1)C(CC)(CC)C(C)(C(C)CC)C1CCCC1C(CC)(CC)C1CCC1. The first kappa shape index (κ1) is 30.0. The molecule has 4 aliphatic carbocycles. The van der Waals surface area contributed by atoms with Gasteiger partial charge >= 0.3 is 0 Å². The second kappa shape index (κ2) is 12.2. The Balaban J connectivity index is 1.84. The molecule has 4 rings (SSSR count). The normalized spacial score (nSPS) is 30.2. The van der Waals surface area contributed by atoms with E-state index in [1.54, 1.807) is 0 Å². The lowest BCUT2D eigenvalue weighted by atomic mass is 9.39. The molecule has 0 aromatic carbocycles. The molecule has 4 saturated carbocycles. The molecule has 6 unspecified atom stereocenters. The van der Waals surface area contributed by atoms with Gasteiger partial charge in [0.25, 0.3) is 0 Å². The third kappa shape index (κ3) is 4.61. The summed E-state index contributed by atoms with van der Waals surface area (Å²) < 4.78 is 0. The molecule has 4 aliphatic rings. The molecule has 0 saturated heterocycles. The van der Waals surface area contributed by atoms with Crippen LogP contribution in [-0.4, -0.2) is 0 Å². The van der Waals surface area contributed by atoms with Crippen LogP contribution in [0.25, 0.3) is 0 Å². The zero-order valence-corrected chi connectivity index (χ0v) is 26.8. The topological polar surface area (TPSA) is 0 Å². The van der Waals surface area contributed by atoms with Crippen LogP contribution in [0, 0.1) is 63.6 Å². The second-order valence-electron chi connectivity index (χ2n) is 15.1. The van der Waals surface area contributed by atoms with Gasteiger partial charge in [-0.3, -0.25) is 0 Å². The highest BCUT2D eigenvalue weighted by Crippen LogP contribution is 2.71. The maximum atomic E-state index is 2.92. The molecule has 6 atom stereocenters. The third-order valence-corrected chi connectivity index (χ3v) is 15.2. The Bertz CT molecular complexity index is 685. The quantitative estimate of drug-likeness (QED) is 0.205. The molecular formula is C37H68. The van der Waals surface area contributed by atoms with Crippen molar-refractivity contribution < 1.29 is 0 Å². The predicted octanol–water partition coefficient (Wildman–Crippen LogP) is 12.1. The lowest BCUT2D eigenvalue weighted by Gasteiger charge is -2.66. The van der Waals surface area contributed by atoms with Crippen molar-refractivity contribution in [2.75, 3.05) is 0 Å². The van der Waals surface area contributed by atoms with E-state index < -0.39 is 0 Å². The van der Waals surface area contributed by atoms with Crippen LogP contribution in [-0.2, 0) is 0 Å². The van der Waals surface area contributed by atoms with E-state index in [0.717, 1.165) is 47.3 Å². The molecule has 0 nitrogen and oxygen atoms in total. The smallest absolute Gasteiger partial charge is 0.0210 e. The van der Waals surface area contributed by atoms with Crippen LogP contribution >= 0.6 is 0 Å². The van der Waals surface area contributed by atoms with Gasteiger partial charge in [-0.25, -0.2) is 0 Å². The van der Waals surface area contributed by atoms with Gasteiger partial charge in [-0.2, -0.15) is 0 Å². The molecule has 0 amide bonds. The summed E-state index contributed by atoms with van der Waals surface area (Å²) in [4.78, 5) is 0. The molecule has 4 fully saturated rings. The summed E-state index contributed by atoms with van der Waals surface area (Å²) in [7, 11) is 0. The lowest BCUT2D eigenvalue weighted by molar-refractivity contribution is -0.176. The molecule has 0 heteroatoms. The van der Waals surface area contributed by atoms with E-state index in [-0.39, 0.29) is 0 Å². The van der Waals surface area contributed by atoms with E-state index in [2.05, 4.69) is 55.4 Å². The first-order valence-corrected chi connectivity index (χ1v) is 17.8. The standard InChI is InChI=1S/C37H68/c1-9-27(7)35(8,32-25-18-26-33(32)36(11-3,12-4)30-23-17-24-30)37(13-5,14-6)34(29-21-16-22-29)31(10-2)28-19-15-20-28/h27-34H,9-26H2,1-8H3. The van der Waals surface area contributed by atoms with Crippen molar-refractivity contribution in [2.45, 2.75) is 171 Å². The Morgan fingerprint density at radius 1 is 0.595 bits per heavy atom. The fraction of sp³-hybridized carbons (Fsp3) is 1.00. The summed E-state index contributed by atoms with van der Waals surface area (Å²) in [5.41, 5.74) is 1.58. The Labute approximate surface area is 234 Å². The zero-order valence-electron chi connectivity index (χ0n) is 26.8. The largest absolute Gasteiger partial charge is 0.0651 e. The Hall–Kier alpha value is 0. The van der Waals surface area contributed by atoms with Gasteiger partial charge in [0.15, 0.2) is 0 Å². The highest BCUT2D eigenvalue weighted by atomic mass is 14.7. The van der Waals surface area contributed by atoms with Gasteiger partial charge < -0.3 is 0 Å². The average molecular weight is 513 g/mol. The molecule has 0 heterocycles. The molecule has 0 aliphatic heterocycles. The van der Waals surface area contributed by atoms with Crippen molar-refractivity contribution in [1.82, 2.24) is 0 Å². The van der Waals surface area contributed by atoms with Crippen LogP contribution in [0.4, 0.5) is 0 Å². The summed E-state index contributed by atoms with van der Waals surface area (Å²) in [5, 5.41) is 0. The lowest BCUT2D eigenvalue weighted by Crippen LogP contribution is -2.59. The molecule has 0 spiro atoms. The summed E-state index contributed by atoms with van der Waals surface area (Å²) in [6, 6.07) is 0. The summed E-state index contributed by atoms with van der Waals surface area (Å²) in [6.07, 6.45) is 26.8. The maximum Gasteiger partial charge on any atom is -0.0210 e. The van der Waals surface area contributed by atoms with Crippen LogP contribution in [0.5, 0.6) is 0 Å². The van der Waals surface area contributed by atoms with Gasteiger partial charge in [0, 0.05) is 0 Å². The molecule has 0 aromatic rings. The zero-order chi connectivity index (χ0) is 26.8. The first-order valence-electron chi connectivity index (χ1n) is 17.8. The fourth-order valence-corrected chi connectivity index (χ4v) is 12.3. The van der Waals surface area contributed by atoms with E-state index in [1.165, 1.54) is 116 Å². The molecule has 216 valence electrons. The molecule has 0 aromatic heterocycles. The monoisotopic (exact) mass is 513 g/mol. The van der Waals surface area contributed by atoms with Crippen LogP contribution < -0.4 is 0 Å². The summed E-state index contributed by atoms with van der Waals surface area (Å²) >= 11 is 0. The first-order chi connectivity index (χ1) is 17.8. The number of rotatable bonds is 15. The van der Waals surface area contributed by atoms with E-state index >= 15 is 0 Å². The van der Waals surface area contributed by atoms with E-state index in [9.17, 15) is 0 Å². The summed E-state index contributed by atoms with van der Waals surface area (Å²) in [6.45, 7) is 21.3. The minimum Gasteiger partial charge on any atom is -0.0651 e. The van der Waals surface area contributed by atoms with Gasteiger partial charge in [0.2, 0.25) is 0 Å². The number of hydrogen-bond acceptors (Lipinski definition) is 0. The van der Waals surface area contributed by atoms with Crippen molar-refractivity contribution >= 4 is 0 Å². The molecule has 0 bridgehead atoms. The van der Waals surface area contributed by atoms with Crippen molar-refractivity contribution in [2.24, 2.45) is 63.6 Å². The van der Waals surface area contributed by atoms with Gasteiger partial charge in [-0.1, -0.05) is 120 Å². The van der Waals surface area contributed by atoms with Crippen LogP contribution in [0.3, 0.4) is 0 Å². The third-order valence-electron chi connectivity index (χ3n) is 15.2. The van der Waals surface area contributed by atoms with Crippen molar-refractivity contribution in [3.63, 3.8) is 0 Å². The molecule has 0 radical (unpaired) electrons. The van der Waals surface area contributed by atoms with Gasteiger partial charge in [0.05, 0.1) is 0 Å². The fourth-order valence-electron chi connectivity index (χ4n) is 12.3. The van der Waals surface area contributed by atoms with Crippen molar-refractivity contribution in [1.29, 1.82) is 0 Å². The second-order valence-corrected chi connectivity index (χ2v) is 15.1. The van der Waals surface area contributed by atoms with Gasteiger partial charge in [0.1, 0.15) is 0 Å². The Kier molecular flexibility index (Phi) is 9.92. The molecular weight excluding hydrogens is 444 g/mol. The van der Waals surface area contributed by atoms with Crippen molar-refractivity contribution in [3.8, 4) is 0 Å². The van der Waals surface area contributed by atoms with Gasteiger partial charge in [-0.15, -0.1) is 0 Å². The minimum absolute atomic E-state index is 0.461.